The molecule has 0 aromatic carbocycles. The van der Waals surface area contributed by atoms with Crippen molar-refractivity contribution >= 4 is 23.5 Å². The normalized spacial score (nSPS) is 22.4. The fourth-order valence-electron chi connectivity index (χ4n) is 1.72. The topological polar surface area (TPSA) is 84.2 Å². The summed E-state index contributed by atoms with van der Waals surface area (Å²) in [5.74, 6) is 0.00848. The molecule has 0 aromatic heterocycles. The monoisotopic (exact) mass is 253 g/mol. The Bertz CT molecular complexity index is 404. The molecule has 1 aliphatic carbocycles. The number of carbonyl (C=O) groups excluding carboxylic acids is 2. The van der Waals surface area contributed by atoms with Crippen molar-refractivity contribution in [2.45, 2.75) is 18.2 Å². The number of allylic oxidation sites excluding steroid dienone is 2. The van der Waals surface area contributed by atoms with Crippen LogP contribution in [0.4, 0.5) is 0 Å². The minimum Gasteiger partial charge on any atom is -0.372 e. The van der Waals surface area contributed by atoms with Crippen LogP contribution in [0, 0.1) is 0 Å². The van der Waals surface area contributed by atoms with Crippen LogP contribution in [0.15, 0.2) is 22.8 Å². The molecule has 2 rings (SSSR count). The van der Waals surface area contributed by atoms with Crippen molar-refractivity contribution < 1.29 is 9.59 Å². The van der Waals surface area contributed by atoms with Crippen molar-refractivity contribution in [3.63, 3.8) is 0 Å². The summed E-state index contributed by atoms with van der Waals surface area (Å²) in [6.45, 7) is 0.616. The van der Waals surface area contributed by atoms with Crippen molar-refractivity contribution in [1.82, 2.24) is 10.6 Å². The Labute approximate surface area is 104 Å². The van der Waals surface area contributed by atoms with Crippen LogP contribution >= 0.6 is 11.8 Å². The van der Waals surface area contributed by atoms with Gasteiger partial charge in [0.2, 0.25) is 5.91 Å². The molecule has 1 aliphatic heterocycles. The molecule has 6 heteroatoms. The minimum atomic E-state index is -0.140. The molecule has 1 fully saturated rings. The molecule has 17 heavy (non-hydrogen) atoms. The molecule has 1 amide bonds. The van der Waals surface area contributed by atoms with Crippen molar-refractivity contribution in [2.75, 3.05) is 13.1 Å². The Kier molecular flexibility index (Phi) is 3.86. The van der Waals surface area contributed by atoms with E-state index in [0.29, 0.717) is 13.0 Å². The van der Waals surface area contributed by atoms with Gasteiger partial charge in [0.25, 0.3) is 0 Å². The second-order valence-corrected chi connectivity index (χ2v) is 5.13. The predicted molar refractivity (Wildman–Crippen MR) is 67.0 cm³/mol. The lowest BCUT2D eigenvalue weighted by atomic mass is 10.1. The maximum absolute atomic E-state index is 11.2. The number of fused-ring (bicyclic) bond motifs is 1. The number of carbonyl (C=O) groups is 2. The summed E-state index contributed by atoms with van der Waals surface area (Å²) in [5.41, 5.74) is 6.23. The van der Waals surface area contributed by atoms with Crippen LogP contribution in [0.3, 0.4) is 0 Å². The van der Waals surface area contributed by atoms with Crippen molar-refractivity contribution in [3.8, 4) is 0 Å². The first-order valence-electron chi connectivity index (χ1n) is 5.54. The number of thioether (sulfide) groups is 1. The third-order valence-electron chi connectivity index (χ3n) is 2.56. The van der Waals surface area contributed by atoms with Crippen LogP contribution in [0.5, 0.6) is 0 Å². The van der Waals surface area contributed by atoms with E-state index in [1.807, 2.05) is 6.08 Å². The summed E-state index contributed by atoms with van der Waals surface area (Å²) >= 11 is 1.64. The highest BCUT2D eigenvalue weighted by Gasteiger charge is 2.26. The van der Waals surface area contributed by atoms with E-state index in [9.17, 15) is 9.59 Å². The van der Waals surface area contributed by atoms with E-state index in [1.54, 1.807) is 17.8 Å². The average Bonchev–Trinajstić information content (AvgIpc) is 2.70. The summed E-state index contributed by atoms with van der Waals surface area (Å²) in [6.07, 6.45) is 4.89. The summed E-state index contributed by atoms with van der Waals surface area (Å²) in [7, 11) is 0. The lowest BCUT2D eigenvalue weighted by Gasteiger charge is -2.10. The van der Waals surface area contributed by atoms with Crippen LogP contribution < -0.4 is 16.4 Å². The van der Waals surface area contributed by atoms with Gasteiger partial charge in [-0.2, -0.15) is 0 Å². The molecular formula is C11H15N3O2S. The van der Waals surface area contributed by atoms with Crippen LogP contribution in [0.25, 0.3) is 0 Å². The zero-order valence-electron chi connectivity index (χ0n) is 9.36. The fourth-order valence-corrected chi connectivity index (χ4v) is 2.91. The highest BCUT2D eigenvalue weighted by atomic mass is 32.2. The van der Waals surface area contributed by atoms with Gasteiger partial charge in [0, 0.05) is 23.6 Å². The molecule has 0 saturated carbocycles. The molecule has 92 valence electrons. The van der Waals surface area contributed by atoms with Crippen molar-refractivity contribution in [3.05, 3.63) is 22.8 Å². The average molecular weight is 253 g/mol. The van der Waals surface area contributed by atoms with Gasteiger partial charge < -0.3 is 16.4 Å². The molecular weight excluding hydrogens is 238 g/mol. The third kappa shape index (κ3) is 3.10. The van der Waals surface area contributed by atoms with Gasteiger partial charge in [-0.15, -0.1) is 0 Å². The predicted octanol–water partition coefficient (Wildman–Crippen LogP) is -0.146. The summed E-state index contributed by atoms with van der Waals surface area (Å²) < 4.78 is 0. The third-order valence-corrected chi connectivity index (χ3v) is 3.79. The minimum absolute atomic E-state index is 0.0239. The largest absolute Gasteiger partial charge is 0.372 e. The van der Waals surface area contributed by atoms with Crippen LogP contribution in [-0.2, 0) is 9.59 Å². The maximum Gasteiger partial charge on any atom is 0.233 e. The second-order valence-electron chi connectivity index (χ2n) is 3.89. The van der Waals surface area contributed by atoms with Crippen LogP contribution in [-0.4, -0.2) is 30.2 Å². The summed E-state index contributed by atoms with van der Waals surface area (Å²) in [4.78, 5) is 23.2. The molecule has 1 heterocycles. The van der Waals surface area contributed by atoms with Gasteiger partial charge in [0.15, 0.2) is 5.78 Å². The lowest BCUT2D eigenvalue weighted by molar-refractivity contribution is -0.119. The van der Waals surface area contributed by atoms with Gasteiger partial charge in [-0.05, 0) is 12.5 Å². The van der Waals surface area contributed by atoms with Gasteiger partial charge in [0.05, 0.1) is 11.9 Å². The Balaban J connectivity index is 1.80. The number of hydrogen-bond acceptors (Lipinski definition) is 5. The molecule has 1 saturated heterocycles. The number of ketones is 1. The van der Waals surface area contributed by atoms with Gasteiger partial charge in [-0.25, -0.2) is 0 Å². The highest BCUT2D eigenvalue weighted by Crippen LogP contribution is 2.37. The number of rotatable bonds is 4. The fraction of sp³-hybridized carbons (Fsp3) is 0.455. The molecule has 0 spiro atoms. The van der Waals surface area contributed by atoms with Crippen LogP contribution in [0.1, 0.15) is 12.8 Å². The Morgan fingerprint density at radius 2 is 2.47 bits per heavy atom. The SMILES string of the molecule is NCC(=O)NCCC1NC2=CCC(=O)C=C2S1. The number of nitrogens with two attached hydrogens (primary N) is 1. The molecule has 0 aromatic rings. The number of hydrogen-bond donors (Lipinski definition) is 3. The number of nitrogens with one attached hydrogen (secondary N) is 2. The zero-order chi connectivity index (χ0) is 12.3. The Morgan fingerprint density at radius 3 is 3.24 bits per heavy atom. The summed E-state index contributed by atoms with van der Waals surface area (Å²) in [6, 6.07) is 0. The first-order valence-corrected chi connectivity index (χ1v) is 6.42. The zero-order valence-corrected chi connectivity index (χ0v) is 10.2. The molecule has 0 radical (unpaired) electrons. The van der Waals surface area contributed by atoms with E-state index in [0.717, 1.165) is 17.0 Å². The van der Waals surface area contributed by atoms with E-state index in [4.69, 9.17) is 5.73 Å². The standard InChI is InChI=1S/C11H15N3O2S/c12-6-10(16)13-4-3-11-14-8-2-1-7(15)5-9(8)17-11/h2,5,11,14H,1,3-4,6,12H2,(H,13,16). The number of amides is 1. The maximum atomic E-state index is 11.2. The smallest absolute Gasteiger partial charge is 0.233 e. The quantitative estimate of drug-likeness (QED) is 0.649. The molecule has 1 atom stereocenters. The Hall–Kier alpha value is -1.27. The molecule has 0 bridgehead atoms. The van der Waals surface area contributed by atoms with Gasteiger partial charge in [0.1, 0.15) is 0 Å². The van der Waals surface area contributed by atoms with E-state index in [2.05, 4.69) is 10.6 Å². The Morgan fingerprint density at radius 1 is 1.65 bits per heavy atom. The first kappa shape index (κ1) is 12.2. The lowest BCUT2D eigenvalue weighted by Crippen LogP contribution is -2.33. The van der Waals surface area contributed by atoms with Crippen molar-refractivity contribution in [1.29, 1.82) is 0 Å². The molecule has 1 unspecified atom stereocenters. The van der Waals surface area contributed by atoms with Gasteiger partial charge in [-0.1, -0.05) is 17.8 Å². The van der Waals surface area contributed by atoms with E-state index in [-0.39, 0.29) is 23.6 Å². The van der Waals surface area contributed by atoms with Gasteiger partial charge in [-0.3, -0.25) is 9.59 Å². The molecule has 2 aliphatic rings. The first-order chi connectivity index (χ1) is 8.19. The second kappa shape index (κ2) is 5.37. The van der Waals surface area contributed by atoms with Crippen LogP contribution in [0.2, 0.25) is 0 Å². The van der Waals surface area contributed by atoms with E-state index in [1.165, 1.54) is 0 Å². The molecule has 5 nitrogen and oxygen atoms in total. The van der Waals surface area contributed by atoms with E-state index < -0.39 is 0 Å². The van der Waals surface area contributed by atoms with Gasteiger partial charge >= 0.3 is 0 Å². The molecule has 4 N–H and O–H groups in total. The summed E-state index contributed by atoms with van der Waals surface area (Å²) in [5, 5.41) is 6.27. The van der Waals surface area contributed by atoms with E-state index >= 15 is 0 Å². The highest BCUT2D eigenvalue weighted by molar-refractivity contribution is 8.04. The van der Waals surface area contributed by atoms with Crippen molar-refractivity contribution in [2.24, 2.45) is 5.73 Å².